The van der Waals surface area contributed by atoms with Gasteiger partial charge in [0.05, 0.1) is 16.1 Å². The van der Waals surface area contributed by atoms with E-state index >= 15 is 0 Å². The van der Waals surface area contributed by atoms with Gasteiger partial charge in [0.2, 0.25) is 0 Å². The molecule has 10 heteroatoms. The normalized spacial score (nSPS) is 12.5. The van der Waals surface area contributed by atoms with Gasteiger partial charge in [-0.1, -0.05) is 29.3 Å². The van der Waals surface area contributed by atoms with Gasteiger partial charge in [0, 0.05) is 5.56 Å². The third-order valence-corrected chi connectivity index (χ3v) is 3.97. The molecule has 142 valence electrons. The molecule has 1 atom stereocenters. The molecule has 0 aliphatic heterocycles. The van der Waals surface area contributed by atoms with Crippen molar-refractivity contribution in [3.63, 3.8) is 0 Å². The molecule has 0 aromatic heterocycles. The predicted octanol–water partition coefficient (Wildman–Crippen LogP) is 5.53. The van der Waals surface area contributed by atoms with Crippen molar-refractivity contribution in [3.8, 4) is 5.75 Å². The maximum absolute atomic E-state index is 12.8. The lowest BCUT2D eigenvalue weighted by atomic mass is 9.98. The Morgan fingerprint density at radius 1 is 1.04 bits per heavy atom. The Kier molecular flexibility index (Phi) is 7.70. The van der Waals surface area contributed by atoms with Gasteiger partial charge in [0.1, 0.15) is 5.75 Å². The predicted molar refractivity (Wildman–Crippen MR) is 93.0 cm³/mol. The molecule has 0 amide bonds. The van der Waals surface area contributed by atoms with E-state index in [1.807, 2.05) is 0 Å². The number of benzene rings is 2. The third-order valence-electron chi connectivity index (χ3n) is 3.23. The van der Waals surface area contributed by atoms with Crippen LogP contribution in [-0.4, -0.2) is 18.3 Å². The maximum atomic E-state index is 12.8. The van der Waals surface area contributed by atoms with Crippen molar-refractivity contribution in [2.45, 2.75) is 18.6 Å². The molecule has 0 aliphatic carbocycles. The smallest absolute Gasteiger partial charge is 0.428 e. The highest BCUT2D eigenvalue weighted by atomic mass is 35.5. The fourth-order valence-corrected chi connectivity index (χ4v) is 2.23. The second kappa shape index (κ2) is 8.90. The van der Waals surface area contributed by atoms with Crippen molar-refractivity contribution in [2.24, 2.45) is 5.73 Å². The van der Waals surface area contributed by atoms with E-state index in [1.54, 1.807) is 0 Å². The number of hydrogen-bond acceptors (Lipinski definition) is 3. The van der Waals surface area contributed by atoms with Crippen molar-refractivity contribution >= 4 is 41.4 Å². The largest absolute Gasteiger partial charge is 0.461 e. The number of hydrogen-bond donors (Lipinski definition) is 1. The van der Waals surface area contributed by atoms with E-state index in [9.17, 15) is 22.4 Å². The highest BCUT2D eigenvalue weighted by Crippen LogP contribution is 2.29. The van der Waals surface area contributed by atoms with Crippen LogP contribution >= 0.6 is 35.6 Å². The number of ketones is 1. The first-order chi connectivity index (χ1) is 11.6. The average molecular weight is 433 g/mol. The van der Waals surface area contributed by atoms with Gasteiger partial charge in [0.25, 0.3) is 0 Å². The summed E-state index contributed by atoms with van der Waals surface area (Å²) in [7, 11) is 0. The van der Waals surface area contributed by atoms with E-state index in [2.05, 4.69) is 4.74 Å². The van der Waals surface area contributed by atoms with Gasteiger partial charge in [-0.25, -0.2) is 0 Å². The molecule has 0 spiro atoms. The lowest BCUT2D eigenvalue weighted by molar-refractivity contribution is -0.253. The zero-order chi connectivity index (χ0) is 18.8. The van der Waals surface area contributed by atoms with E-state index < -0.39 is 30.1 Å². The Hall–Kier alpha value is -1.54. The molecule has 26 heavy (non-hydrogen) atoms. The summed E-state index contributed by atoms with van der Waals surface area (Å²) in [6.45, 7) is 0. The second-order valence-electron chi connectivity index (χ2n) is 5.00. The summed E-state index contributed by atoms with van der Waals surface area (Å²) in [5.41, 5.74) is 6.36. The van der Waals surface area contributed by atoms with E-state index in [-0.39, 0.29) is 23.0 Å². The number of rotatable bonds is 6. The van der Waals surface area contributed by atoms with Crippen LogP contribution in [0.4, 0.5) is 17.6 Å². The number of carbonyl (C=O) groups excluding carboxylic acids is 1. The molecule has 0 bridgehead atoms. The van der Waals surface area contributed by atoms with E-state index in [4.69, 9.17) is 28.9 Å². The molecular weight excluding hydrogens is 421 g/mol. The minimum Gasteiger partial charge on any atom is -0.428 e. The number of ether oxygens (including phenoxy) is 1. The average Bonchev–Trinajstić information content (AvgIpc) is 2.56. The maximum Gasteiger partial charge on any atom is 0.461 e. The summed E-state index contributed by atoms with van der Waals surface area (Å²) in [6.07, 6.45) is -8.60. The first-order valence-corrected chi connectivity index (χ1v) is 7.57. The van der Waals surface area contributed by atoms with Gasteiger partial charge in [0.15, 0.2) is 5.78 Å². The van der Waals surface area contributed by atoms with Gasteiger partial charge in [-0.2, -0.15) is 17.6 Å². The van der Waals surface area contributed by atoms with Gasteiger partial charge in [-0.3, -0.25) is 4.79 Å². The van der Waals surface area contributed by atoms with Crippen LogP contribution in [0.2, 0.25) is 10.0 Å². The minimum atomic E-state index is -4.62. The van der Waals surface area contributed by atoms with Crippen LogP contribution in [0.3, 0.4) is 0 Å². The molecule has 2 rings (SSSR count). The molecule has 0 heterocycles. The monoisotopic (exact) mass is 431 g/mol. The Bertz CT molecular complexity index is 773. The van der Waals surface area contributed by atoms with Crippen LogP contribution in [0.5, 0.6) is 5.75 Å². The first-order valence-electron chi connectivity index (χ1n) is 6.81. The van der Waals surface area contributed by atoms with Crippen molar-refractivity contribution in [2.75, 3.05) is 0 Å². The van der Waals surface area contributed by atoms with Crippen LogP contribution in [0.25, 0.3) is 0 Å². The topological polar surface area (TPSA) is 52.3 Å². The summed E-state index contributed by atoms with van der Waals surface area (Å²) in [6, 6.07) is 7.63. The summed E-state index contributed by atoms with van der Waals surface area (Å²) in [5.74, 6) is -1.03. The number of carbonyl (C=O) groups is 1. The van der Waals surface area contributed by atoms with Crippen LogP contribution in [-0.2, 0) is 0 Å². The molecule has 2 N–H and O–H groups in total. The van der Waals surface area contributed by atoms with Crippen molar-refractivity contribution in [1.82, 2.24) is 0 Å². The molecule has 2 aromatic rings. The molecular formula is C16H12Cl3F4NO2. The third kappa shape index (κ3) is 5.23. The van der Waals surface area contributed by atoms with Gasteiger partial charge >= 0.3 is 12.5 Å². The number of Topliss-reactive ketones (excluding diaryl/α,β-unsaturated/α-hetero) is 1. The Balaban J connectivity index is 0.00000338. The van der Waals surface area contributed by atoms with Crippen LogP contribution < -0.4 is 10.5 Å². The standard InChI is InChI=1S/C16H11Cl2F4NO2.ClH/c17-11-6-3-9(7-12(11)18)13(23)14(24)8-1-4-10(5-2-8)25-16(21,22)15(19)20;/h1-7,13,15H,23H2;1H. The second-order valence-corrected chi connectivity index (χ2v) is 5.82. The van der Waals surface area contributed by atoms with Crippen molar-refractivity contribution < 1.29 is 27.1 Å². The Morgan fingerprint density at radius 2 is 1.62 bits per heavy atom. The molecule has 2 aromatic carbocycles. The molecule has 3 nitrogen and oxygen atoms in total. The first kappa shape index (κ1) is 22.5. The van der Waals surface area contributed by atoms with Crippen LogP contribution in [0, 0.1) is 0 Å². The summed E-state index contributed by atoms with van der Waals surface area (Å²) < 4.78 is 53.8. The number of halogens is 7. The highest BCUT2D eigenvalue weighted by Gasteiger charge is 2.43. The SMILES string of the molecule is Cl.NC(C(=O)c1ccc(OC(F)(F)C(F)F)cc1)c1ccc(Cl)c(Cl)c1. The Labute approximate surface area is 162 Å². The van der Waals surface area contributed by atoms with Crippen LogP contribution in [0.1, 0.15) is 22.0 Å². The van der Waals surface area contributed by atoms with Gasteiger partial charge in [-0.05, 0) is 42.0 Å². The van der Waals surface area contributed by atoms with E-state index in [1.165, 1.54) is 18.2 Å². The number of alkyl halides is 4. The molecule has 0 saturated heterocycles. The number of nitrogens with two attached hydrogens (primary N) is 1. The van der Waals surface area contributed by atoms with Gasteiger partial charge < -0.3 is 10.5 Å². The molecule has 0 saturated carbocycles. The summed E-state index contributed by atoms with van der Waals surface area (Å²) in [4.78, 5) is 12.3. The fourth-order valence-electron chi connectivity index (χ4n) is 1.93. The quantitative estimate of drug-likeness (QED) is 0.482. The van der Waals surface area contributed by atoms with E-state index in [0.29, 0.717) is 10.6 Å². The molecule has 0 fully saturated rings. The summed E-state index contributed by atoms with van der Waals surface area (Å²) >= 11 is 11.7. The minimum absolute atomic E-state index is 0. The Morgan fingerprint density at radius 3 is 2.12 bits per heavy atom. The lowest BCUT2D eigenvalue weighted by Crippen LogP contribution is -2.33. The molecule has 1 unspecified atom stereocenters. The summed E-state index contributed by atoms with van der Waals surface area (Å²) in [5, 5.41) is 0.520. The molecule has 0 aliphatic rings. The zero-order valence-corrected chi connectivity index (χ0v) is 15.1. The molecule has 0 radical (unpaired) electrons. The van der Waals surface area contributed by atoms with Crippen LogP contribution in [0.15, 0.2) is 42.5 Å². The van der Waals surface area contributed by atoms with E-state index in [0.717, 1.165) is 24.3 Å². The lowest BCUT2D eigenvalue weighted by Gasteiger charge is -2.17. The van der Waals surface area contributed by atoms with Crippen molar-refractivity contribution in [3.05, 3.63) is 63.6 Å². The van der Waals surface area contributed by atoms with Crippen molar-refractivity contribution in [1.29, 1.82) is 0 Å². The fraction of sp³-hybridized carbons (Fsp3) is 0.188. The highest BCUT2D eigenvalue weighted by molar-refractivity contribution is 6.42. The van der Waals surface area contributed by atoms with Gasteiger partial charge in [-0.15, -0.1) is 12.4 Å². The zero-order valence-electron chi connectivity index (χ0n) is 12.8.